The van der Waals surface area contributed by atoms with Crippen molar-refractivity contribution in [3.05, 3.63) is 143 Å². The number of aryl methyl sites for hydroxylation is 1. The molecule has 0 radical (unpaired) electrons. The molecule has 8 heteroatoms. The Morgan fingerprint density at radius 3 is 1.05 bits per heavy atom. The Kier molecular flexibility index (Phi) is 33.9. The van der Waals surface area contributed by atoms with Crippen LogP contribution in [0.15, 0.2) is 125 Å². The largest absolute Gasteiger partial charge is 0.494 e. The Labute approximate surface area is 484 Å². The van der Waals surface area contributed by atoms with Crippen molar-refractivity contribution in [1.82, 2.24) is 0 Å². The van der Waals surface area contributed by atoms with Crippen molar-refractivity contribution < 1.29 is 28.5 Å². The number of esters is 2. The number of unbranched alkanes of at least 4 members (excludes halogenated alkanes) is 29. The second-order valence-electron chi connectivity index (χ2n) is 22.0. The van der Waals surface area contributed by atoms with Crippen LogP contribution in [0.2, 0.25) is 0 Å². The average molecular weight is 1090 g/mol. The van der Waals surface area contributed by atoms with E-state index >= 15 is 0 Å². The van der Waals surface area contributed by atoms with Crippen molar-refractivity contribution in [3.63, 3.8) is 0 Å². The van der Waals surface area contributed by atoms with E-state index < -0.39 is 11.9 Å². The molecule has 0 aliphatic heterocycles. The molecule has 0 aromatic heterocycles. The second-order valence-corrected chi connectivity index (χ2v) is 22.0. The first-order valence-corrected chi connectivity index (χ1v) is 31.7. The Morgan fingerprint density at radius 1 is 0.350 bits per heavy atom. The van der Waals surface area contributed by atoms with E-state index in [9.17, 15) is 9.59 Å². The van der Waals surface area contributed by atoms with Gasteiger partial charge in [-0.3, -0.25) is 9.98 Å². The summed E-state index contributed by atoms with van der Waals surface area (Å²) in [7, 11) is 0. The predicted octanol–water partition coefficient (Wildman–Crippen LogP) is 21.5. The van der Waals surface area contributed by atoms with E-state index in [1.165, 1.54) is 167 Å². The number of carbonyl (C=O) groups excluding carboxylic acids is 2. The molecule has 0 bridgehead atoms. The van der Waals surface area contributed by atoms with E-state index in [-0.39, 0.29) is 0 Å². The monoisotopic (exact) mass is 1090 g/mol. The van der Waals surface area contributed by atoms with Crippen LogP contribution >= 0.6 is 0 Å². The van der Waals surface area contributed by atoms with E-state index in [1.54, 1.807) is 66.9 Å². The maximum absolute atomic E-state index is 13.6. The first kappa shape index (κ1) is 64.8. The van der Waals surface area contributed by atoms with Crippen molar-refractivity contribution in [2.45, 2.75) is 233 Å². The summed E-state index contributed by atoms with van der Waals surface area (Å²) < 4.78 is 23.9. The molecule has 0 saturated carbocycles. The lowest BCUT2D eigenvalue weighted by Crippen LogP contribution is -2.11. The molecule has 0 fully saturated rings. The third-order valence-electron chi connectivity index (χ3n) is 15.0. The van der Waals surface area contributed by atoms with Crippen LogP contribution < -0.4 is 18.9 Å². The molecule has 0 saturated heterocycles. The lowest BCUT2D eigenvalue weighted by molar-refractivity contribution is 0.0731. The number of hydrogen-bond acceptors (Lipinski definition) is 8. The van der Waals surface area contributed by atoms with Gasteiger partial charge in [-0.1, -0.05) is 213 Å². The lowest BCUT2D eigenvalue weighted by Gasteiger charge is -2.13. The maximum Gasteiger partial charge on any atom is 0.343 e. The fraction of sp³-hybridized carbons (Fsp3) is 0.528. The van der Waals surface area contributed by atoms with E-state index in [4.69, 9.17) is 18.9 Å². The minimum Gasteiger partial charge on any atom is -0.494 e. The number of rotatable bonds is 45. The standard InChI is InChI=1S/C72H100N2O6/c1-4-7-10-13-15-17-19-21-23-25-27-29-31-34-55-77-67-50-37-60(38-51-67)58-73-65-46-41-63(42-47-65)71(75)79-69-54-45-62(36-33-12-9-6-3)70(57-69)80-72(76)64-43-48-66(49-44-64)74-59-61-39-52-68(53-40-61)78-56-35-32-30-28-26-24-22-20-18-16-14-11-8-5-2/h37-54,57-59H,4-36,55-56H2,1-3H3. The smallest absolute Gasteiger partial charge is 0.343 e. The van der Waals surface area contributed by atoms with Gasteiger partial charge in [0, 0.05) is 18.5 Å². The zero-order valence-electron chi connectivity index (χ0n) is 49.7. The molecular formula is C72H100N2O6. The van der Waals surface area contributed by atoms with Gasteiger partial charge < -0.3 is 18.9 Å². The van der Waals surface area contributed by atoms with Crippen LogP contribution in [0.5, 0.6) is 23.0 Å². The number of ether oxygens (including phenoxy) is 4. The van der Waals surface area contributed by atoms with Crippen molar-refractivity contribution >= 4 is 35.7 Å². The second kappa shape index (κ2) is 41.9. The fourth-order valence-corrected chi connectivity index (χ4v) is 9.91. The Hall–Kier alpha value is -6.02. The Morgan fingerprint density at radius 2 is 0.675 bits per heavy atom. The van der Waals surface area contributed by atoms with E-state index in [1.807, 2.05) is 60.8 Å². The molecule has 0 heterocycles. The quantitative estimate of drug-likeness (QED) is 0.0167. The molecule has 0 atom stereocenters. The minimum atomic E-state index is -0.519. The first-order valence-electron chi connectivity index (χ1n) is 31.7. The Balaban J connectivity index is 0.999. The highest BCUT2D eigenvalue weighted by Crippen LogP contribution is 2.29. The summed E-state index contributed by atoms with van der Waals surface area (Å²) in [4.78, 5) is 36.2. The molecular weight excluding hydrogens is 989 g/mol. The van der Waals surface area contributed by atoms with Crippen LogP contribution in [-0.2, 0) is 6.42 Å². The maximum atomic E-state index is 13.6. The average Bonchev–Trinajstić information content (AvgIpc) is 3.48. The summed E-state index contributed by atoms with van der Waals surface area (Å²) in [6.07, 6.45) is 46.2. The van der Waals surface area contributed by atoms with Crippen LogP contribution in [0.3, 0.4) is 0 Å². The lowest BCUT2D eigenvalue weighted by atomic mass is 10.0. The van der Waals surface area contributed by atoms with Crippen LogP contribution in [0.25, 0.3) is 0 Å². The number of aliphatic imine (C=N–C) groups is 2. The van der Waals surface area contributed by atoms with Gasteiger partial charge in [0.05, 0.1) is 35.7 Å². The topological polar surface area (TPSA) is 95.8 Å². The molecule has 8 nitrogen and oxygen atoms in total. The number of nitrogens with zero attached hydrogens (tertiary/aromatic N) is 2. The van der Waals surface area contributed by atoms with Crippen LogP contribution in [0, 0.1) is 0 Å². The fourth-order valence-electron chi connectivity index (χ4n) is 9.91. The van der Waals surface area contributed by atoms with Gasteiger partial charge >= 0.3 is 11.9 Å². The van der Waals surface area contributed by atoms with Crippen molar-refractivity contribution in [3.8, 4) is 23.0 Å². The zero-order valence-corrected chi connectivity index (χ0v) is 49.7. The first-order chi connectivity index (χ1) is 39.4. The number of hydrogen-bond donors (Lipinski definition) is 0. The van der Waals surface area contributed by atoms with Crippen molar-refractivity contribution in [2.24, 2.45) is 9.98 Å². The highest BCUT2D eigenvalue weighted by Gasteiger charge is 2.16. The molecule has 0 spiro atoms. The highest BCUT2D eigenvalue weighted by molar-refractivity contribution is 5.93. The van der Waals surface area contributed by atoms with Crippen molar-refractivity contribution in [1.29, 1.82) is 0 Å². The van der Waals surface area contributed by atoms with Gasteiger partial charge in [-0.25, -0.2) is 9.59 Å². The molecule has 434 valence electrons. The van der Waals surface area contributed by atoms with Gasteiger partial charge in [0.1, 0.15) is 23.0 Å². The SMILES string of the molecule is CCCCCCCCCCCCCCCCOc1ccc(C=Nc2ccc(C(=O)Oc3ccc(CCCCCC)c(OC(=O)c4ccc(N=Cc5ccc(OCCCCCCCCCCCCCCCC)cc5)cc4)c3)cc2)cc1. The molecule has 0 amide bonds. The molecule has 5 aromatic rings. The van der Waals surface area contributed by atoms with E-state index in [0.29, 0.717) is 34.0 Å². The third-order valence-corrected chi connectivity index (χ3v) is 15.0. The van der Waals surface area contributed by atoms with Gasteiger partial charge in [-0.2, -0.15) is 0 Å². The highest BCUT2D eigenvalue weighted by atomic mass is 16.5. The summed E-state index contributed by atoms with van der Waals surface area (Å²) in [6.45, 7) is 8.21. The number of benzene rings is 5. The summed E-state index contributed by atoms with van der Waals surface area (Å²) in [5.41, 5.74) is 4.99. The van der Waals surface area contributed by atoms with Gasteiger partial charge in [0.2, 0.25) is 0 Å². The minimum absolute atomic E-state index is 0.290. The van der Waals surface area contributed by atoms with E-state index in [2.05, 4.69) is 30.8 Å². The molecule has 0 N–H and O–H groups in total. The summed E-state index contributed by atoms with van der Waals surface area (Å²) in [6, 6.07) is 35.3. The molecule has 80 heavy (non-hydrogen) atoms. The molecule has 0 aliphatic rings. The van der Waals surface area contributed by atoms with Crippen molar-refractivity contribution in [2.75, 3.05) is 13.2 Å². The normalized spacial score (nSPS) is 11.4. The van der Waals surface area contributed by atoms with Gasteiger partial charge in [0.25, 0.3) is 0 Å². The van der Waals surface area contributed by atoms with Gasteiger partial charge in [-0.15, -0.1) is 0 Å². The summed E-state index contributed by atoms with van der Waals surface area (Å²) in [5, 5.41) is 0. The van der Waals surface area contributed by atoms with Gasteiger partial charge in [0.15, 0.2) is 0 Å². The Bertz CT molecular complexity index is 2440. The predicted molar refractivity (Wildman–Crippen MR) is 336 cm³/mol. The van der Waals surface area contributed by atoms with Gasteiger partial charge in [-0.05, 0) is 146 Å². The summed E-state index contributed by atoms with van der Waals surface area (Å²) >= 11 is 0. The molecule has 5 aromatic carbocycles. The van der Waals surface area contributed by atoms with Crippen LogP contribution in [-0.4, -0.2) is 37.6 Å². The van der Waals surface area contributed by atoms with Crippen LogP contribution in [0.1, 0.15) is 264 Å². The summed E-state index contributed by atoms with van der Waals surface area (Å²) in [5.74, 6) is 1.38. The van der Waals surface area contributed by atoms with E-state index in [0.717, 1.165) is 86.3 Å². The zero-order chi connectivity index (χ0) is 56.3. The van der Waals surface area contributed by atoms with Crippen LogP contribution in [0.4, 0.5) is 11.4 Å². The number of carbonyl (C=O) groups is 2. The third kappa shape index (κ3) is 28.4. The molecule has 0 aliphatic carbocycles. The molecule has 5 rings (SSSR count). The molecule has 0 unspecified atom stereocenters.